The summed E-state index contributed by atoms with van der Waals surface area (Å²) in [5.41, 5.74) is 2.88. The van der Waals surface area contributed by atoms with Crippen molar-refractivity contribution in [1.82, 2.24) is 14.8 Å². The number of hydrogen-bond acceptors (Lipinski definition) is 6. The molecule has 1 aliphatic rings. The summed E-state index contributed by atoms with van der Waals surface area (Å²) in [6.07, 6.45) is 0. The quantitative estimate of drug-likeness (QED) is 0.555. The summed E-state index contributed by atoms with van der Waals surface area (Å²) in [4.78, 5) is 21.9. The Morgan fingerprint density at radius 3 is 2.32 bits per heavy atom. The highest BCUT2D eigenvalue weighted by Crippen LogP contribution is 2.26. The summed E-state index contributed by atoms with van der Waals surface area (Å²) in [5, 5.41) is 3.14. The van der Waals surface area contributed by atoms with Crippen molar-refractivity contribution < 1.29 is 14.3 Å². The van der Waals surface area contributed by atoms with Crippen LogP contribution in [0.2, 0.25) is 0 Å². The highest BCUT2D eigenvalue weighted by atomic mass is 32.1. The van der Waals surface area contributed by atoms with Crippen molar-refractivity contribution in [2.75, 3.05) is 39.9 Å². The minimum Gasteiger partial charge on any atom is -0.497 e. The van der Waals surface area contributed by atoms with Gasteiger partial charge in [0, 0.05) is 49.2 Å². The Morgan fingerprint density at radius 2 is 1.68 bits per heavy atom. The Kier molecular flexibility index (Phi) is 6.84. The van der Waals surface area contributed by atoms with Gasteiger partial charge in [0.15, 0.2) is 0 Å². The normalized spacial score (nSPS) is 14.5. The predicted octanol–water partition coefficient (Wildman–Crippen LogP) is 4.18. The monoisotopic (exact) mass is 437 g/mol. The zero-order valence-corrected chi connectivity index (χ0v) is 18.7. The Bertz CT molecular complexity index is 994. The summed E-state index contributed by atoms with van der Waals surface area (Å²) < 4.78 is 10.7. The molecule has 1 amide bonds. The van der Waals surface area contributed by atoms with Gasteiger partial charge in [0.2, 0.25) is 0 Å². The van der Waals surface area contributed by atoms with Gasteiger partial charge in [0.1, 0.15) is 16.5 Å². The van der Waals surface area contributed by atoms with E-state index in [1.165, 1.54) is 0 Å². The molecule has 31 heavy (non-hydrogen) atoms. The van der Waals surface area contributed by atoms with E-state index in [4.69, 9.17) is 14.5 Å². The summed E-state index contributed by atoms with van der Waals surface area (Å²) in [6.45, 7) is 6.51. The van der Waals surface area contributed by atoms with Gasteiger partial charge in [-0.15, -0.1) is 11.3 Å². The van der Waals surface area contributed by atoms with Gasteiger partial charge < -0.3 is 14.4 Å². The van der Waals surface area contributed by atoms with E-state index < -0.39 is 0 Å². The van der Waals surface area contributed by atoms with Gasteiger partial charge in [0.25, 0.3) is 5.91 Å². The number of amides is 1. The first-order valence-corrected chi connectivity index (χ1v) is 11.4. The largest absolute Gasteiger partial charge is 0.497 e. The molecule has 0 spiro atoms. The third-order valence-electron chi connectivity index (χ3n) is 5.35. The maximum Gasteiger partial charge on any atom is 0.253 e. The van der Waals surface area contributed by atoms with Crippen LogP contribution in [0.15, 0.2) is 53.9 Å². The molecule has 1 aliphatic heterocycles. The molecule has 2 aromatic carbocycles. The van der Waals surface area contributed by atoms with Crippen molar-refractivity contribution in [3.8, 4) is 22.1 Å². The minimum atomic E-state index is 0.0816. The van der Waals surface area contributed by atoms with Crippen LogP contribution in [-0.4, -0.2) is 60.6 Å². The van der Waals surface area contributed by atoms with Gasteiger partial charge in [0.05, 0.1) is 19.4 Å². The first-order chi connectivity index (χ1) is 15.2. The molecule has 162 valence electrons. The number of hydrogen-bond donors (Lipinski definition) is 0. The van der Waals surface area contributed by atoms with Gasteiger partial charge in [-0.05, 0) is 55.5 Å². The molecule has 6 nitrogen and oxygen atoms in total. The molecule has 0 bridgehead atoms. The number of rotatable bonds is 7. The van der Waals surface area contributed by atoms with E-state index in [1.807, 2.05) is 60.4 Å². The van der Waals surface area contributed by atoms with E-state index in [0.717, 1.165) is 60.5 Å². The molecule has 1 aromatic heterocycles. The third kappa shape index (κ3) is 5.24. The van der Waals surface area contributed by atoms with Crippen LogP contribution in [-0.2, 0) is 6.54 Å². The number of aromatic nitrogens is 1. The lowest BCUT2D eigenvalue weighted by Gasteiger charge is -2.34. The fourth-order valence-electron chi connectivity index (χ4n) is 3.63. The van der Waals surface area contributed by atoms with Crippen molar-refractivity contribution in [3.63, 3.8) is 0 Å². The lowest BCUT2D eigenvalue weighted by molar-refractivity contribution is 0.0627. The smallest absolute Gasteiger partial charge is 0.253 e. The van der Waals surface area contributed by atoms with Crippen molar-refractivity contribution in [2.24, 2.45) is 0 Å². The van der Waals surface area contributed by atoms with E-state index in [0.29, 0.717) is 12.2 Å². The van der Waals surface area contributed by atoms with Gasteiger partial charge in [-0.3, -0.25) is 9.69 Å². The molecule has 0 saturated carbocycles. The minimum absolute atomic E-state index is 0.0816. The van der Waals surface area contributed by atoms with Crippen LogP contribution in [0, 0.1) is 0 Å². The molecule has 7 heteroatoms. The molecule has 4 rings (SSSR count). The van der Waals surface area contributed by atoms with Crippen LogP contribution < -0.4 is 9.47 Å². The van der Waals surface area contributed by atoms with E-state index in [-0.39, 0.29) is 5.91 Å². The third-order valence-corrected chi connectivity index (χ3v) is 6.29. The average molecular weight is 438 g/mol. The highest BCUT2D eigenvalue weighted by molar-refractivity contribution is 7.13. The van der Waals surface area contributed by atoms with Gasteiger partial charge in [-0.1, -0.05) is 0 Å². The SMILES string of the molecule is CCOc1ccc(C(=O)N2CCN(Cc3csc(-c4ccc(OC)cc4)n3)CC2)cc1. The second-order valence-electron chi connectivity index (χ2n) is 7.40. The Labute approximate surface area is 187 Å². The lowest BCUT2D eigenvalue weighted by Crippen LogP contribution is -2.48. The maximum atomic E-state index is 12.8. The van der Waals surface area contributed by atoms with Crippen LogP contribution in [0.5, 0.6) is 11.5 Å². The number of nitrogens with zero attached hydrogens (tertiary/aromatic N) is 3. The van der Waals surface area contributed by atoms with Gasteiger partial charge >= 0.3 is 0 Å². The molecule has 1 saturated heterocycles. The molecular weight excluding hydrogens is 410 g/mol. The first-order valence-electron chi connectivity index (χ1n) is 10.5. The molecule has 0 atom stereocenters. The summed E-state index contributed by atoms with van der Waals surface area (Å²) in [5.74, 6) is 1.72. The van der Waals surface area contributed by atoms with Gasteiger partial charge in [-0.2, -0.15) is 0 Å². The van der Waals surface area contributed by atoms with E-state index in [9.17, 15) is 4.79 Å². The van der Waals surface area contributed by atoms with Crippen molar-refractivity contribution in [3.05, 3.63) is 65.2 Å². The standard InChI is InChI=1S/C24H27N3O3S/c1-3-30-22-10-6-19(7-11-22)24(28)27-14-12-26(13-15-27)16-20-17-31-23(25-20)18-4-8-21(29-2)9-5-18/h4-11,17H,3,12-16H2,1-2H3. The van der Waals surface area contributed by atoms with Gasteiger partial charge in [-0.25, -0.2) is 4.98 Å². The first kappa shape index (κ1) is 21.3. The molecule has 0 N–H and O–H groups in total. The second kappa shape index (κ2) is 9.94. The van der Waals surface area contributed by atoms with Crippen molar-refractivity contribution in [1.29, 1.82) is 0 Å². The van der Waals surface area contributed by atoms with E-state index in [2.05, 4.69) is 10.3 Å². The van der Waals surface area contributed by atoms with Crippen LogP contribution in [0.3, 0.4) is 0 Å². The molecular formula is C24H27N3O3S. The number of thiazole rings is 1. The zero-order valence-electron chi connectivity index (χ0n) is 17.9. The van der Waals surface area contributed by atoms with Crippen LogP contribution >= 0.6 is 11.3 Å². The molecule has 0 radical (unpaired) electrons. The van der Waals surface area contributed by atoms with Crippen LogP contribution in [0.1, 0.15) is 23.0 Å². The fourth-order valence-corrected chi connectivity index (χ4v) is 4.44. The van der Waals surface area contributed by atoms with Crippen molar-refractivity contribution >= 4 is 17.2 Å². The molecule has 0 unspecified atom stereocenters. The number of methoxy groups -OCH3 is 1. The number of benzene rings is 2. The Morgan fingerprint density at radius 1 is 1.00 bits per heavy atom. The van der Waals surface area contributed by atoms with Crippen LogP contribution in [0.4, 0.5) is 0 Å². The molecule has 1 fully saturated rings. The Hall–Kier alpha value is -2.90. The summed E-state index contributed by atoms with van der Waals surface area (Å²) in [7, 11) is 1.67. The van der Waals surface area contributed by atoms with Crippen molar-refractivity contribution in [2.45, 2.75) is 13.5 Å². The maximum absolute atomic E-state index is 12.8. The fraction of sp³-hybridized carbons (Fsp3) is 0.333. The number of carbonyl (C=O) groups is 1. The molecule has 0 aliphatic carbocycles. The topological polar surface area (TPSA) is 54.9 Å². The number of carbonyl (C=O) groups excluding carboxylic acids is 1. The van der Waals surface area contributed by atoms with Crippen LogP contribution in [0.25, 0.3) is 10.6 Å². The second-order valence-corrected chi connectivity index (χ2v) is 8.26. The zero-order chi connectivity index (χ0) is 21.6. The summed E-state index contributed by atoms with van der Waals surface area (Å²) >= 11 is 1.66. The highest BCUT2D eigenvalue weighted by Gasteiger charge is 2.22. The summed E-state index contributed by atoms with van der Waals surface area (Å²) in [6, 6.07) is 15.4. The van der Waals surface area contributed by atoms with E-state index >= 15 is 0 Å². The number of piperazine rings is 1. The lowest BCUT2D eigenvalue weighted by atomic mass is 10.1. The predicted molar refractivity (Wildman–Crippen MR) is 123 cm³/mol. The molecule has 3 aromatic rings. The van der Waals surface area contributed by atoms with E-state index in [1.54, 1.807) is 18.4 Å². The Balaban J connectivity index is 1.30. The molecule has 2 heterocycles. The average Bonchev–Trinajstić information content (AvgIpc) is 3.28. The number of ether oxygens (including phenoxy) is 2.